The van der Waals surface area contributed by atoms with Crippen LogP contribution in [0.3, 0.4) is 0 Å². The van der Waals surface area contributed by atoms with Gasteiger partial charge in [-0.1, -0.05) is 11.8 Å². The third kappa shape index (κ3) is 3.31. The van der Waals surface area contributed by atoms with Gasteiger partial charge in [0.1, 0.15) is 4.83 Å². The van der Waals surface area contributed by atoms with E-state index in [1.165, 1.54) is 22.2 Å². The van der Waals surface area contributed by atoms with Crippen molar-refractivity contribution in [1.29, 1.82) is 5.26 Å². The van der Waals surface area contributed by atoms with Crippen LogP contribution in [0, 0.1) is 11.3 Å². The number of amides is 1. The number of carbonyl (C=O) groups is 1. The predicted molar refractivity (Wildman–Crippen MR) is 100 cm³/mol. The fraction of sp³-hybridized carbons (Fsp3) is 0.529. The van der Waals surface area contributed by atoms with Crippen molar-refractivity contribution in [2.75, 3.05) is 13.6 Å². The Hall–Kier alpha value is -1.85. The number of rotatable bonds is 5. The topological polar surface area (TPSA) is 79.0 Å². The van der Waals surface area contributed by atoms with Crippen molar-refractivity contribution in [1.82, 2.24) is 14.5 Å². The lowest BCUT2D eigenvalue weighted by atomic mass is 10.2. The highest BCUT2D eigenvalue weighted by molar-refractivity contribution is 8.00. The summed E-state index contributed by atoms with van der Waals surface area (Å²) in [6.07, 6.45) is 3.40. The van der Waals surface area contributed by atoms with Crippen LogP contribution in [0.1, 0.15) is 30.2 Å². The molecule has 0 spiro atoms. The first-order valence-electron chi connectivity index (χ1n) is 8.24. The zero-order valence-corrected chi connectivity index (χ0v) is 16.2. The molecule has 0 N–H and O–H groups in total. The van der Waals surface area contributed by atoms with E-state index < -0.39 is 0 Å². The normalized spacial score (nSPS) is 14.3. The number of aryl methyl sites for hydroxylation is 2. The average Bonchev–Trinajstić information content (AvgIpc) is 3.16. The van der Waals surface area contributed by atoms with E-state index in [1.54, 1.807) is 41.8 Å². The average molecular weight is 377 g/mol. The Kier molecular flexibility index (Phi) is 5.16. The van der Waals surface area contributed by atoms with Gasteiger partial charge < -0.3 is 4.90 Å². The van der Waals surface area contributed by atoms with Gasteiger partial charge in [-0.25, -0.2) is 4.98 Å². The fourth-order valence-corrected chi connectivity index (χ4v) is 5.35. The molecule has 8 heteroatoms. The van der Waals surface area contributed by atoms with Crippen molar-refractivity contribution in [3.05, 3.63) is 20.8 Å². The number of thiophene rings is 1. The van der Waals surface area contributed by atoms with Gasteiger partial charge in [0.2, 0.25) is 5.91 Å². The number of hydrogen-bond donors (Lipinski definition) is 0. The molecule has 0 saturated carbocycles. The van der Waals surface area contributed by atoms with Crippen LogP contribution in [0.5, 0.6) is 0 Å². The van der Waals surface area contributed by atoms with E-state index in [4.69, 9.17) is 5.26 Å². The van der Waals surface area contributed by atoms with Crippen molar-refractivity contribution < 1.29 is 4.79 Å². The van der Waals surface area contributed by atoms with Crippen LogP contribution in [0.2, 0.25) is 0 Å². The zero-order chi connectivity index (χ0) is 18.1. The maximum atomic E-state index is 12.8. The van der Waals surface area contributed by atoms with E-state index in [0.29, 0.717) is 18.1 Å². The molecule has 2 heterocycles. The zero-order valence-electron chi connectivity index (χ0n) is 14.5. The highest BCUT2D eigenvalue weighted by Crippen LogP contribution is 2.35. The molecule has 0 aliphatic heterocycles. The molecule has 1 aliphatic carbocycles. The molecule has 0 radical (unpaired) electrons. The van der Waals surface area contributed by atoms with Crippen molar-refractivity contribution in [2.45, 2.75) is 43.0 Å². The Bertz CT molecular complexity index is 925. The van der Waals surface area contributed by atoms with Crippen LogP contribution < -0.4 is 5.56 Å². The first-order valence-corrected chi connectivity index (χ1v) is 9.93. The molecule has 0 saturated heterocycles. The second kappa shape index (κ2) is 7.18. The van der Waals surface area contributed by atoms with Crippen LogP contribution in [0.15, 0.2) is 9.95 Å². The van der Waals surface area contributed by atoms with Gasteiger partial charge in [-0.2, -0.15) is 5.26 Å². The van der Waals surface area contributed by atoms with Crippen molar-refractivity contribution >= 4 is 39.2 Å². The first kappa shape index (κ1) is 18.0. The highest BCUT2D eigenvalue weighted by atomic mass is 32.2. The minimum atomic E-state index is -0.369. The summed E-state index contributed by atoms with van der Waals surface area (Å²) in [4.78, 5) is 33.5. The van der Waals surface area contributed by atoms with Crippen LogP contribution >= 0.6 is 23.1 Å². The second-order valence-corrected chi connectivity index (χ2v) is 8.62. The Morgan fingerprint density at radius 3 is 3.00 bits per heavy atom. The molecule has 0 fully saturated rings. The summed E-state index contributed by atoms with van der Waals surface area (Å²) in [5, 5.41) is 9.60. The van der Waals surface area contributed by atoms with Gasteiger partial charge in [0.15, 0.2) is 5.16 Å². The maximum absolute atomic E-state index is 12.8. The third-order valence-corrected chi connectivity index (χ3v) is 6.79. The minimum Gasteiger partial charge on any atom is -0.344 e. The van der Waals surface area contributed by atoms with Gasteiger partial charge >= 0.3 is 0 Å². The van der Waals surface area contributed by atoms with Gasteiger partial charge in [-0.15, -0.1) is 11.3 Å². The van der Waals surface area contributed by atoms with E-state index >= 15 is 0 Å². The third-order valence-electron chi connectivity index (χ3n) is 4.47. The lowest BCUT2D eigenvalue weighted by molar-refractivity contribution is -0.128. The Labute approximate surface area is 154 Å². The molecular formula is C17H20N4O2S2. The molecular weight excluding hydrogens is 356 g/mol. The molecule has 132 valence electrons. The predicted octanol–water partition coefficient (Wildman–Crippen LogP) is 2.34. The number of hydrogen-bond acceptors (Lipinski definition) is 6. The van der Waals surface area contributed by atoms with E-state index in [1.807, 2.05) is 6.07 Å². The lowest BCUT2D eigenvalue weighted by Crippen LogP contribution is -2.34. The molecule has 25 heavy (non-hydrogen) atoms. The van der Waals surface area contributed by atoms with Gasteiger partial charge in [0.05, 0.1) is 23.1 Å². The maximum Gasteiger partial charge on any atom is 0.262 e. The van der Waals surface area contributed by atoms with Crippen molar-refractivity contribution in [2.24, 2.45) is 7.05 Å². The number of fused-ring (bicyclic) bond motifs is 3. The molecule has 1 amide bonds. The second-order valence-electron chi connectivity index (χ2n) is 6.22. The molecule has 2 aromatic rings. The monoisotopic (exact) mass is 376 g/mol. The lowest BCUT2D eigenvalue weighted by Gasteiger charge is -2.20. The number of carbonyl (C=O) groups excluding carboxylic acids is 1. The minimum absolute atomic E-state index is 0.0237. The van der Waals surface area contributed by atoms with Gasteiger partial charge in [-0.05, 0) is 31.7 Å². The first-order chi connectivity index (χ1) is 11.9. The molecule has 0 bridgehead atoms. The molecule has 6 nitrogen and oxygen atoms in total. The van der Waals surface area contributed by atoms with E-state index in [9.17, 15) is 9.59 Å². The number of aromatic nitrogens is 2. The summed E-state index contributed by atoms with van der Waals surface area (Å²) in [6, 6.07) is 2.04. The van der Waals surface area contributed by atoms with E-state index in [-0.39, 0.29) is 16.7 Å². The van der Waals surface area contributed by atoms with Gasteiger partial charge in [0, 0.05) is 25.5 Å². The molecule has 1 atom stereocenters. The van der Waals surface area contributed by atoms with Crippen molar-refractivity contribution in [3.8, 4) is 6.07 Å². The largest absolute Gasteiger partial charge is 0.344 e. The summed E-state index contributed by atoms with van der Waals surface area (Å²) in [6.45, 7) is 2.21. The fourth-order valence-electron chi connectivity index (χ4n) is 3.06. The van der Waals surface area contributed by atoms with E-state index in [0.717, 1.165) is 29.5 Å². The number of nitrogens with zero attached hydrogens (tertiary/aromatic N) is 4. The molecule has 0 aromatic carbocycles. The molecule has 3 rings (SSSR count). The summed E-state index contributed by atoms with van der Waals surface area (Å²) >= 11 is 2.90. The Balaban J connectivity index is 1.87. The van der Waals surface area contributed by atoms with Gasteiger partial charge in [0.25, 0.3) is 5.56 Å². The van der Waals surface area contributed by atoms with E-state index in [2.05, 4.69) is 4.98 Å². The summed E-state index contributed by atoms with van der Waals surface area (Å²) < 4.78 is 1.55. The molecule has 2 aromatic heterocycles. The van der Waals surface area contributed by atoms with Crippen LogP contribution in [-0.4, -0.2) is 39.2 Å². The Morgan fingerprint density at radius 1 is 1.52 bits per heavy atom. The summed E-state index contributed by atoms with van der Waals surface area (Å²) in [5.74, 6) is -0.0664. The molecule has 1 aliphatic rings. The Morgan fingerprint density at radius 2 is 2.28 bits per heavy atom. The SMILES string of the molecule is C[C@H](Sc1nc2sc3c(c2c(=O)n1C)CCC3)C(=O)N(C)CCC#N. The summed E-state index contributed by atoms with van der Waals surface area (Å²) in [5.41, 5.74) is 1.15. The smallest absolute Gasteiger partial charge is 0.262 e. The van der Waals surface area contributed by atoms with Crippen molar-refractivity contribution in [3.63, 3.8) is 0 Å². The quantitative estimate of drug-likeness (QED) is 0.591. The van der Waals surface area contributed by atoms with Crippen LogP contribution in [0.4, 0.5) is 0 Å². The summed E-state index contributed by atoms with van der Waals surface area (Å²) in [7, 11) is 3.41. The number of nitriles is 1. The van der Waals surface area contributed by atoms with Crippen LogP contribution in [-0.2, 0) is 24.7 Å². The van der Waals surface area contributed by atoms with Crippen LogP contribution in [0.25, 0.3) is 10.2 Å². The highest BCUT2D eigenvalue weighted by Gasteiger charge is 2.25. The molecule has 0 unspecified atom stereocenters. The standard InChI is InChI=1S/C17H20N4O2S2/c1-10(15(22)20(2)9-5-8-18)24-17-19-14-13(16(23)21(17)3)11-6-4-7-12(11)25-14/h10H,4-7,9H2,1-3H3/t10-/m0/s1. The van der Waals surface area contributed by atoms with Gasteiger partial charge in [-0.3, -0.25) is 14.2 Å². The number of thioether (sulfide) groups is 1.